The summed E-state index contributed by atoms with van der Waals surface area (Å²) in [7, 11) is 0. The van der Waals surface area contributed by atoms with Crippen molar-refractivity contribution in [3.63, 3.8) is 0 Å². The second kappa shape index (κ2) is 10.5. The Morgan fingerprint density at radius 2 is 1.90 bits per heavy atom. The van der Waals surface area contributed by atoms with Gasteiger partial charge in [-0.2, -0.15) is 4.98 Å². The molecule has 29 heavy (non-hydrogen) atoms. The molecule has 0 bridgehead atoms. The van der Waals surface area contributed by atoms with Crippen molar-refractivity contribution in [3.8, 4) is 11.4 Å². The molecule has 3 aromatic rings. The van der Waals surface area contributed by atoms with Crippen LogP contribution in [0.25, 0.3) is 11.4 Å². The average Bonchev–Trinajstić information content (AvgIpc) is 3.22. The molecule has 3 rings (SSSR count). The van der Waals surface area contributed by atoms with Crippen molar-refractivity contribution in [3.05, 3.63) is 71.6 Å². The number of hydrogen-bond donors (Lipinski definition) is 1. The summed E-state index contributed by atoms with van der Waals surface area (Å²) in [4.78, 5) is 16.4. The second-order valence-electron chi connectivity index (χ2n) is 7.00. The number of rotatable bonds is 10. The predicted molar refractivity (Wildman–Crippen MR) is 111 cm³/mol. The Hall–Kier alpha value is -2.99. The summed E-state index contributed by atoms with van der Waals surface area (Å²) in [5.41, 5.74) is 3.23. The zero-order valence-electron chi connectivity index (χ0n) is 16.9. The number of carbonyl (C=O) groups is 1. The number of benzene rings is 2. The van der Waals surface area contributed by atoms with Gasteiger partial charge in [-0.15, -0.1) is 0 Å². The van der Waals surface area contributed by atoms with Crippen LogP contribution in [-0.4, -0.2) is 29.2 Å². The maximum absolute atomic E-state index is 12.0. The lowest BCUT2D eigenvalue weighted by Gasteiger charge is -2.13. The van der Waals surface area contributed by atoms with Crippen molar-refractivity contribution in [2.45, 2.75) is 39.2 Å². The van der Waals surface area contributed by atoms with Gasteiger partial charge in [0.05, 0.1) is 6.10 Å². The van der Waals surface area contributed by atoms with Gasteiger partial charge in [-0.1, -0.05) is 65.3 Å². The summed E-state index contributed by atoms with van der Waals surface area (Å²) >= 11 is 0. The summed E-state index contributed by atoms with van der Waals surface area (Å²) in [6, 6.07) is 18.0. The molecular weight excluding hydrogens is 366 g/mol. The van der Waals surface area contributed by atoms with Crippen LogP contribution in [0.1, 0.15) is 42.9 Å². The van der Waals surface area contributed by atoms with Gasteiger partial charge in [-0.05, 0) is 25.8 Å². The summed E-state index contributed by atoms with van der Waals surface area (Å²) in [6.45, 7) is 5.24. The maximum atomic E-state index is 12.0. The van der Waals surface area contributed by atoms with E-state index in [9.17, 15) is 4.79 Å². The van der Waals surface area contributed by atoms with Crippen LogP contribution >= 0.6 is 0 Å². The Bertz CT molecular complexity index is 891. The quantitative estimate of drug-likeness (QED) is 0.521. The molecule has 0 aliphatic carbocycles. The molecule has 0 saturated carbocycles. The van der Waals surface area contributed by atoms with E-state index in [-0.39, 0.29) is 12.0 Å². The van der Waals surface area contributed by atoms with Gasteiger partial charge in [0.1, 0.15) is 0 Å². The molecule has 1 heterocycles. The van der Waals surface area contributed by atoms with Gasteiger partial charge in [0.2, 0.25) is 17.6 Å². The van der Waals surface area contributed by atoms with Gasteiger partial charge in [-0.25, -0.2) is 0 Å². The molecule has 1 N–H and O–H groups in total. The number of amides is 1. The van der Waals surface area contributed by atoms with Gasteiger partial charge in [-0.3, -0.25) is 4.79 Å². The van der Waals surface area contributed by atoms with E-state index in [2.05, 4.69) is 15.5 Å². The van der Waals surface area contributed by atoms with E-state index in [0.717, 1.165) is 17.5 Å². The first-order valence-corrected chi connectivity index (χ1v) is 9.94. The zero-order chi connectivity index (χ0) is 20.5. The zero-order valence-corrected chi connectivity index (χ0v) is 16.9. The monoisotopic (exact) mass is 393 g/mol. The third-order valence-corrected chi connectivity index (χ3v) is 4.62. The molecule has 1 atom stereocenters. The van der Waals surface area contributed by atoms with Crippen LogP contribution in [0.5, 0.6) is 0 Å². The van der Waals surface area contributed by atoms with Crippen LogP contribution < -0.4 is 5.32 Å². The van der Waals surface area contributed by atoms with Gasteiger partial charge < -0.3 is 14.6 Å². The fourth-order valence-corrected chi connectivity index (χ4v) is 2.87. The molecule has 0 aliphatic heterocycles. The number of ether oxygens (including phenoxy) is 1. The van der Waals surface area contributed by atoms with Crippen LogP contribution in [0.2, 0.25) is 0 Å². The summed E-state index contributed by atoms with van der Waals surface area (Å²) in [6.07, 6.45) is 1.55. The molecule has 0 fully saturated rings. The molecule has 0 aliphatic rings. The lowest BCUT2D eigenvalue weighted by atomic mass is 10.1. The Morgan fingerprint density at radius 3 is 2.66 bits per heavy atom. The minimum atomic E-state index is -0.0313. The van der Waals surface area contributed by atoms with Crippen molar-refractivity contribution >= 4 is 5.91 Å². The highest BCUT2D eigenvalue weighted by molar-refractivity contribution is 5.75. The van der Waals surface area contributed by atoms with Crippen LogP contribution in [0, 0.1) is 6.92 Å². The van der Waals surface area contributed by atoms with Crippen molar-refractivity contribution in [2.24, 2.45) is 0 Å². The predicted octanol–water partition coefficient (Wildman–Crippen LogP) is 4.26. The van der Waals surface area contributed by atoms with E-state index < -0.39 is 0 Å². The van der Waals surface area contributed by atoms with Crippen molar-refractivity contribution in [1.82, 2.24) is 15.5 Å². The summed E-state index contributed by atoms with van der Waals surface area (Å²) in [5, 5.41) is 6.89. The molecular formula is C23H27N3O3. The summed E-state index contributed by atoms with van der Waals surface area (Å²) < 4.78 is 11.1. The number of aromatic nitrogens is 2. The fraction of sp³-hybridized carbons (Fsp3) is 0.348. The highest BCUT2D eigenvalue weighted by Gasteiger charge is 2.11. The molecule has 2 aromatic carbocycles. The first kappa shape index (κ1) is 20.7. The first-order chi connectivity index (χ1) is 14.1. The van der Waals surface area contributed by atoms with Gasteiger partial charge in [0.15, 0.2) is 0 Å². The number of nitrogens with zero attached hydrogens (tertiary/aromatic N) is 2. The average molecular weight is 393 g/mol. The molecule has 6 heteroatoms. The SMILES string of the molecule is Cc1ccc(-c2noc(CCC(=O)NCCCO[C@@H](C)c3ccccc3)n2)cc1. The topological polar surface area (TPSA) is 77.2 Å². The van der Waals surface area contributed by atoms with Gasteiger partial charge in [0.25, 0.3) is 0 Å². The van der Waals surface area contributed by atoms with E-state index in [0.29, 0.717) is 37.7 Å². The first-order valence-electron chi connectivity index (χ1n) is 9.94. The fourth-order valence-electron chi connectivity index (χ4n) is 2.87. The third-order valence-electron chi connectivity index (χ3n) is 4.62. The third kappa shape index (κ3) is 6.54. The molecule has 0 saturated heterocycles. The minimum Gasteiger partial charge on any atom is -0.374 e. The lowest BCUT2D eigenvalue weighted by Crippen LogP contribution is -2.25. The molecule has 6 nitrogen and oxygen atoms in total. The standard InChI is InChI=1S/C23H27N3O3/c1-17-9-11-20(12-10-17)23-25-22(29-26-23)14-13-21(27)24-15-6-16-28-18(2)19-7-4-3-5-8-19/h3-5,7-12,18H,6,13-16H2,1-2H3,(H,24,27)/t18-/m0/s1. The maximum Gasteiger partial charge on any atom is 0.227 e. The Morgan fingerprint density at radius 1 is 1.14 bits per heavy atom. The normalized spacial score (nSPS) is 11.9. The lowest BCUT2D eigenvalue weighted by molar-refractivity contribution is -0.121. The van der Waals surface area contributed by atoms with E-state index in [1.165, 1.54) is 5.56 Å². The van der Waals surface area contributed by atoms with Gasteiger partial charge in [0, 0.05) is 31.6 Å². The smallest absolute Gasteiger partial charge is 0.227 e. The molecule has 1 aromatic heterocycles. The largest absolute Gasteiger partial charge is 0.374 e. The minimum absolute atomic E-state index is 0.0313. The van der Waals surface area contributed by atoms with E-state index >= 15 is 0 Å². The highest BCUT2D eigenvalue weighted by atomic mass is 16.5. The Balaban J connectivity index is 1.32. The Kier molecular flexibility index (Phi) is 7.53. The molecule has 0 spiro atoms. The van der Waals surface area contributed by atoms with Crippen LogP contribution in [-0.2, 0) is 16.0 Å². The number of aryl methyl sites for hydroxylation is 2. The van der Waals surface area contributed by atoms with E-state index in [1.807, 2.05) is 68.4 Å². The van der Waals surface area contributed by atoms with Crippen LogP contribution in [0.15, 0.2) is 59.1 Å². The molecule has 0 unspecified atom stereocenters. The van der Waals surface area contributed by atoms with Crippen molar-refractivity contribution in [1.29, 1.82) is 0 Å². The number of carbonyl (C=O) groups excluding carboxylic acids is 1. The number of hydrogen-bond acceptors (Lipinski definition) is 5. The van der Waals surface area contributed by atoms with Crippen molar-refractivity contribution < 1.29 is 14.1 Å². The molecule has 1 amide bonds. The summed E-state index contributed by atoms with van der Waals surface area (Å²) in [5.74, 6) is 0.983. The number of nitrogens with one attached hydrogen (secondary N) is 1. The van der Waals surface area contributed by atoms with Gasteiger partial charge >= 0.3 is 0 Å². The molecule has 0 radical (unpaired) electrons. The van der Waals surface area contributed by atoms with Crippen molar-refractivity contribution in [2.75, 3.05) is 13.2 Å². The highest BCUT2D eigenvalue weighted by Crippen LogP contribution is 2.17. The van der Waals surface area contributed by atoms with E-state index in [1.54, 1.807) is 0 Å². The molecule has 152 valence electrons. The van der Waals surface area contributed by atoms with E-state index in [4.69, 9.17) is 9.26 Å². The van der Waals surface area contributed by atoms with Crippen LogP contribution in [0.4, 0.5) is 0 Å². The van der Waals surface area contributed by atoms with Crippen LogP contribution in [0.3, 0.4) is 0 Å². The second-order valence-corrected chi connectivity index (χ2v) is 7.00. The Labute approximate surface area is 171 Å².